The highest BCUT2D eigenvalue weighted by molar-refractivity contribution is 8.00. The van der Waals surface area contributed by atoms with Crippen LogP contribution in [0.1, 0.15) is 82.6 Å². The smallest absolute Gasteiger partial charge is 0.341 e. The molecule has 2 N–H and O–H groups in total. The molecule has 0 fully saturated rings. The molecule has 0 radical (unpaired) electrons. The zero-order valence-electron chi connectivity index (χ0n) is 22.8. The topological polar surface area (TPSA) is 115 Å². The number of thioether (sulfide) groups is 1. The minimum absolute atomic E-state index is 0.175. The van der Waals surface area contributed by atoms with E-state index < -0.39 is 5.25 Å². The summed E-state index contributed by atoms with van der Waals surface area (Å²) in [6, 6.07) is 7.42. The summed E-state index contributed by atoms with van der Waals surface area (Å²) in [7, 11) is 0. The molecule has 39 heavy (non-hydrogen) atoms. The summed E-state index contributed by atoms with van der Waals surface area (Å²) in [5.74, 6) is -0.140. The molecule has 208 valence electrons. The van der Waals surface area contributed by atoms with E-state index in [0.717, 1.165) is 48.1 Å². The van der Waals surface area contributed by atoms with E-state index in [9.17, 15) is 14.4 Å². The number of amides is 2. The number of thiophene rings is 1. The summed E-state index contributed by atoms with van der Waals surface area (Å²) in [6.07, 6.45) is 4.64. The molecule has 2 aromatic heterocycles. The molecule has 1 aromatic carbocycles. The molecule has 9 nitrogen and oxygen atoms in total. The lowest BCUT2D eigenvalue weighted by molar-refractivity contribution is -0.115. The Labute approximate surface area is 237 Å². The molecule has 2 heterocycles. The third-order valence-electron chi connectivity index (χ3n) is 6.51. The van der Waals surface area contributed by atoms with E-state index in [-0.39, 0.29) is 30.9 Å². The number of hydrogen-bond acceptors (Lipinski definition) is 8. The zero-order valence-corrected chi connectivity index (χ0v) is 24.5. The first-order valence-electron chi connectivity index (χ1n) is 13.4. The number of carbonyl (C=O) groups excluding carboxylic acids is 3. The van der Waals surface area contributed by atoms with Gasteiger partial charge in [0.15, 0.2) is 11.0 Å². The number of aromatic nitrogens is 3. The molecular weight excluding hydrogens is 534 g/mol. The van der Waals surface area contributed by atoms with Gasteiger partial charge in [0.25, 0.3) is 5.91 Å². The summed E-state index contributed by atoms with van der Waals surface area (Å²) in [6.45, 7) is 8.83. The van der Waals surface area contributed by atoms with Crippen molar-refractivity contribution in [1.29, 1.82) is 0 Å². The average molecular weight is 570 g/mol. The van der Waals surface area contributed by atoms with Gasteiger partial charge in [-0.3, -0.25) is 9.59 Å². The molecule has 1 aliphatic carbocycles. The molecule has 0 spiro atoms. The molecule has 0 bridgehead atoms. The van der Waals surface area contributed by atoms with E-state index in [1.807, 2.05) is 36.6 Å². The van der Waals surface area contributed by atoms with Crippen LogP contribution in [-0.4, -0.2) is 44.4 Å². The minimum atomic E-state index is -0.490. The third kappa shape index (κ3) is 6.88. The van der Waals surface area contributed by atoms with Crippen LogP contribution >= 0.6 is 23.1 Å². The lowest BCUT2D eigenvalue weighted by atomic mass is 10.1. The molecule has 2 amide bonds. The molecule has 4 rings (SSSR count). The fraction of sp³-hybridized carbons (Fsp3) is 0.464. The molecule has 1 aliphatic rings. The minimum Gasteiger partial charge on any atom is -0.462 e. The van der Waals surface area contributed by atoms with Crippen LogP contribution in [0.5, 0.6) is 0 Å². The van der Waals surface area contributed by atoms with Crippen molar-refractivity contribution < 1.29 is 19.1 Å². The van der Waals surface area contributed by atoms with Crippen molar-refractivity contribution in [3.05, 3.63) is 57.2 Å². The van der Waals surface area contributed by atoms with Crippen molar-refractivity contribution >= 4 is 45.9 Å². The van der Waals surface area contributed by atoms with Crippen LogP contribution in [-0.2, 0) is 35.5 Å². The molecule has 11 heteroatoms. The fourth-order valence-corrected chi connectivity index (χ4v) is 6.64. The second-order valence-electron chi connectivity index (χ2n) is 9.49. The molecule has 3 aromatic rings. The maximum Gasteiger partial charge on any atom is 0.341 e. The highest BCUT2D eigenvalue weighted by atomic mass is 32.2. The normalized spacial score (nSPS) is 13.1. The Bertz CT molecular complexity index is 1350. The van der Waals surface area contributed by atoms with Gasteiger partial charge in [-0.1, -0.05) is 42.8 Å². The first kappa shape index (κ1) is 28.8. The number of esters is 1. The number of nitrogens with one attached hydrogen (secondary N) is 2. The van der Waals surface area contributed by atoms with Crippen molar-refractivity contribution in [3.63, 3.8) is 0 Å². The van der Waals surface area contributed by atoms with E-state index in [1.54, 1.807) is 13.0 Å². The fourth-order valence-electron chi connectivity index (χ4n) is 4.46. The molecule has 0 saturated carbocycles. The summed E-state index contributed by atoms with van der Waals surface area (Å²) in [5.41, 5.74) is 3.11. The lowest BCUT2D eigenvalue weighted by Gasteiger charge is -2.14. The predicted octanol–water partition coefficient (Wildman–Crippen LogP) is 5.16. The number of fused-ring (bicyclic) bond motifs is 1. The van der Waals surface area contributed by atoms with Crippen molar-refractivity contribution in [2.24, 2.45) is 0 Å². The Hall–Kier alpha value is -3.18. The van der Waals surface area contributed by atoms with Gasteiger partial charge in [0, 0.05) is 17.0 Å². The largest absolute Gasteiger partial charge is 0.462 e. The quantitative estimate of drug-likeness (QED) is 0.229. The SMILES string of the molecule is CCCCn1c(CNC(=O)c2cccc(C)c2)nnc1S[C@@H](C)C(=O)Nc1sc2c(c1C(=O)OCC)CCC2. The van der Waals surface area contributed by atoms with Crippen molar-refractivity contribution in [2.45, 2.75) is 83.3 Å². The molecule has 1 atom stereocenters. The lowest BCUT2D eigenvalue weighted by Crippen LogP contribution is -2.25. The monoisotopic (exact) mass is 569 g/mol. The van der Waals surface area contributed by atoms with Crippen LogP contribution in [0.25, 0.3) is 0 Å². The summed E-state index contributed by atoms with van der Waals surface area (Å²) >= 11 is 2.78. The zero-order chi connectivity index (χ0) is 27.9. The maximum absolute atomic E-state index is 13.2. The Morgan fingerprint density at radius 1 is 1.21 bits per heavy atom. The van der Waals surface area contributed by atoms with E-state index in [0.29, 0.717) is 33.7 Å². The Kier molecular flexibility index (Phi) is 9.79. The van der Waals surface area contributed by atoms with E-state index >= 15 is 0 Å². The Morgan fingerprint density at radius 3 is 2.77 bits per heavy atom. The van der Waals surface area contributed by atoms with E-state index in [2.05, 4.69) is 27.8 Å². The predicted molar refractivity (Wildman–Crippen MR) is 154 cm³/mol. The van der Waals surface area contributed by atoms with Crippen LogP contribution in [0.4, 0.5) is 5.00 Å². The van der Waals surface area contributed by atoms with Crippen molar-refractivity contribution in [1.82, 2.24) is 20.1 Å². The van der Waals surface area contributed by atoms with Crippen LogP contribution in [0.15, 0.2) is 29.4 Å². The second kappa shape index (κ2) is 13.3. The highest BCUT2D eigenvalue weighted by Gasteiger charge is 2.29. The van der Waals surface area contributed by atoms with Crippen LogP contribution < -0.4 is 10.6 Å². The first-order chi connectivity index (χ1) is 18.8. The van der Waals surface area contributed by atoms with Gasteiger partial charge < -0.3 is 19.9 Å². The van der Waals surface area contributed by atoms with Crippen molar-refractivity contribution in [3.8, 4) is 0 Å². The van der Waals surface area contributed by atoms with Crippen LogP contribution in [0, 0.1) is 6.92 Å². The number of carbonyl (C=O) groups is 3. The van der Waals surface area contributed by atoms with Gasteiger partial charge in [-0.2, -0.15) is 0 Å². The van der Waals surface area contributed by atoms with Crippen LogP contribution in [0.2, 0.25) is 0 Å². The van der Waals surface area contributed by atoms with Gasteiger partial charge in [0.2, 0.25) is 5.91 Å². The average Bonchev–Trinajstić information content (AvgIpc) is 3.60. The second-order valence-corrected chi connectivity index (χ2v) is 11.9. The summed E-state index contributed by atoms with van der Waals surface area (Å²) in [4.78, 5) is 39.7. The highest BCUT2D eigenvalue weighted by Crippen LogP contribution is 2.40. The van der Waals surface area contributed by atoms with Crippen molar-refractivity contribution in [2.75, 3.05) is 11.9 Å². The molecule has 0 aliphatic heterocycles. The molecular formula is C28H35N5O4S2. The van der Waals surface area contributed by atoms with Gasteiger partial charge >= 0.3 is 5.97 Å². The number of unbranched alkanes of at least 4 members (excludes halogenated alkanes) is 1. The van der Waals surface area contributed by atoms with Gasteiger partial charge in [-0.25, -0.2) is 4.79 Å². The Balaban J connectivity index is 1.45. The third-order valence-corrected chi connectivity index (χ3v) is 8.79. The summed E-state index contributed by atoms with van der Waals surface area (Å²) in [5, 5.41) is 15.3. The number of ether oxygens (including phenoxy) is 1. The van der Waals surface area contributed by atoms with Gasteiger partial charge in [0.05, 0.1) is 24.0 Å². The maximum atomic E-state index is 13.2. The number of hydrogen-bond donors (Lipinski definition) is 2. The van der Waals surface area contributed by atoms with E-state index in [1.165, 1.54) is 23.1 Å². The van der Waals surface area contributed by atoms with Gasteiger partial charge in [0.1, 0.15) is 5.00 Å². The van der Waals surface area contributed by atoms with Gasteiger partial charge in [-0.15, -0.1) is 21.5 Å². The molecule has 0 unspecified atom stereocenters. The van der Waals surface area contributed by atoms with Gasteiger partial charge in [-0.05, 0) is 64.2 Å². The summed E-state index contributed by atoms with van der Waals surface area (Å²) < 4.78 is 7.25. The standard InChI is InChI=1S/C28H35N5O4S2/c1-5-7-14-33-22(16-29-25(35)19-11-8-10-17(3)15-19)31-32-28(33)38-18(4)24(34)30-26-23(27(36)37-6-2)20-12-9-13-21(20)39-26/h8,10-11,15,18H,5-7,9,12-14,16H2,1-4H3,(H,29,35)(H,30,34)/t18-/m0/s1. The van der Waals surface area contributed by atoms with E-state index in [4.69, 9.17) is 4.74 Å². The van der Waals surface area contributed by atoms with Crippen LogP contribution in [0.3, 0.4) is 0 Å². The number of anilines is 1. The number of nitrogens with zero attached hydrogens (tertiary/aromatic N) is 3. The number of aryl methyl sites for hydroxylation is 2. The number of rotatable bonds is 12. The first-order valence-corrected chi connectivity index (χ1v) is 15.1. The molecule has 0 saturated heterocycles. The Morgan fingerprint density at radius 2 is 2.03 bits per heavy atom. The number of benzene rings is 1.